The Morgan fingerprint density at radius 2 is 0.783 bits per heavy atom. The first kappa shape index (κ1) is 31.6. The zero-order valence-corrected chi connectivity index (χ0v) is 26.0. The second kappa shape index (κ2) is 16.3. The lowest BCUT2D eigenvalue weighted by molar-refractivity contribution is -0.572. The van der Waals surface area contributed by atoms with E-state index in [2.05, 4.69) is 89.5 Å². The quantitative estimate of drug-likeness (QED) is 0.224. The highest BCUT2D eigenvalue weighted by Gasteiger charge is 2.27. The van der Waals surface area contributed by atoms with Crippen LogP contribution in [0, 0.1) is 0 Å². The van der Waals surface area contributed by atoms with E-state index in [0.717, 1.165) is 39.3 Å². The van der Waals surface area contributed by atoms with Crippen LogP contribution in [0.1, 0.15) is 11.1 Å². The summed E-state index contributed by atoms with van der Waals surface area (Å²) < 4.78 is 31.1. The topological polar surface area (TPSA) is 70.3 Å². The van der Waals surface area contributed by atoms with Gasteiger partial charge in [-0.05, 0) is 35.4 Å². The molecule has 0 unspecified atom stereocenters. The molecule has 1 N–H and O–H groups in total. The van der Waals surface area contributed by atoms with Crippen molar-refractivity contribution in [2.45, 2.75) is 13.2 Å². The summed E-state index contributed by atoms with van der Waals surface area (Å²) in [7, 11) is 0. The number of hydrogen-bond acceptors (Lipinski definition) is 6. The molecule has 4 aromatic carbocycles. The summed E-state index contributed by atoms with van der Waals surface area (Å²) in [6, 6.07) is 39.7. The summed E-state index contributed by atoms with van der Waals surface area (Å²) in [4.78, 5) is 0. The van der Waals surface area contributed by atoms with Crippen molar-refractivity contribution in [2.75, 3.05) is 52.9 Å². The smallest absolute Gasteiger partial charge is 0.219 e. The highest BCUT2D eigenvalue weighted by atomic mass is 16.6. The fraction of sp³-hybridized carbons (Fsp3) is 0.256. The molecule has 7 heteroatoms. The average molecular weight is 619 g/mol. The number of nitrogens with zero attached hydrogens (tertiary/aromatic N) is 1. The van der Waals surface area contributed by atoms with Crippen LogP contribution in [0.4, 0.5) is 0 Å². The van der Waals surface area contributed by atoms with Crippen molar-refractivity contribution in [3.63, 3.8) is 0 Å². The minimum Gasteiger partial charge on any atom is -0.507 e. The number of ether oxygens (including phenoxy) is 5. The largest absolute Gasteiger partial charge is 0.507 e. The van der Waals surface area contributed by atoms with Gasteiger partial charge in [-0.15, -0.1) is 0 Å². The molecule has 236 valence electrons. The molecule has 46 heavy (non-hydrogen) atoms. The minimum absolute atomic E-state index is 0.170. The van der Waals surface area contributed by atoms with Crippen molar-refractivity contribution in [3.8, 4) is 45.1 Å². The molecule has 1 aliphatic rings. The highest BCUT2D eigenvalue weighted by molar-refractivity contribution is 5.74. The van der Waals surface area contributed by atoms with E-state index >= 15 is 0 Å². The van der Waals surface area contributed by atoms with Gasteiger partial charge < -0.3 is 28.8 Å². The molecule has 0 radical (unpaired) electrons. The lowest BCUT2D eigenvalue weighted by atomic mass is 9.98. The van der Waals surface area contributed by atoms with Gasteiger partial charge in [0.15, 0.2) is 0 Å². The van der Waals surface area contributed by atoms with Gasteiger partial charge in [-0.3, -0.25) is 0 Å². The SMILES string of the molecule is Oc1c2cc(-[n+]3c(-c4ccccc4)cc(-c4ccccc4)cc3-c3ccccc3)cc1COCCOCCOCCOCCOC2. The third kappa shape index (κ3) is 8.07. The second-order valence-corrected chi connectivity index (χ2v) is 11.0. The summed E-state index contributed by atoms with van der Waals surface area (Å²) in [5.41, 5.74) is 8.66. The monoisotopic (exact) mass is 618 g/mol. The highest BCUT2D eigenvalue weighted by Crippen LogP contribution is 2.33. The van der Waals surface area contributed by atoms with Crippen LogP contribution in [0.3, 0.4) is 0 Å². The van der Waals surface area contributed by atoms with Gasteiger partial charge in [0, 0.05) is 46.5 Å². The summed E-state index contributed by atoms with van der Waals surface area (Å²) >= 11 is 0. The summed E-state index contributed by atoms with van der Waals surface area (Å²) in [6.45, 7) is 4.06. The van der Waals surface area contributed by atoms with Gasteiger partial charge in [-0.25, -0.2) is 0 Å². The maximum Gasteiger partial charge on any atom is 0.219 e. The Kier molecular flexibility index (Phi) is 11.2. The number of rotatable bonds is 4. The zero-order chi connectivity index (χ0) is 31.4. The number of aromatic hydroxyl groups is 1. The molecule has 6 rings (SSSR count). The molecule has 0 aliphatic carbocycles. The number of phenolic OH excluding ortho intramolecular Hbond substituents is 1. The molecular formula is C39H40NO6+. The van der Waals surface area contributed by atoms with Crippen LogP contribution >= 0.6 is 0 Å². The predicted octanol–water partition coefficient (Wildman–Crippen LogP) is 6.77. The Bertz CT molecular complexity index is 1580. The zero-order valence-electron chi connectivity index (χ0n) is 26.0. The van der Waals surface area contributed by atoms with Crippen molar-refractivity contribution >= 4 is 0 Å². The van der Waals surface area contributed by atoms with E-state index in [1.807, 2.05) is 30.3 Å². The molecule has 7 nitrogen and oxygen atoms in total. The van der Waals surface area contributed by atoms with E-state index in [1.54, 1.807) is 0 Å². The second-order valence-electron chi connectivity index (χ2n) is 11.0. The Labute approximate surface area is 270 Å². The van der Waals surface area contributed by atoms with Gasteiger partial charge in [0.2, 0.25) is 17.1 Å². The first-order chi connectivity index (χ1) is 22.8. The Hall–Kier alpha value is -4.37. The number of hydrogen-bond donors (Lipinski definition) is 1. The number of benzene rings is 4. The van der Waals surface area contributed by atoms with E-state index in [-0.39, 0.29) is 19.0 Å². The molecule has 0 amide bonds. The van der Waals surface area contributed by atoms with Crippen LogP contribution in [-0.2, 0) is 36.9 Å². The van der Waals surface area contributed by atoms with Gasteiger partial charge in [-0.1, -0.05) is 66.7 Å². The van der Waals surface area contributed by atoms with Crippen molar-refractivity contribution in [1.82, 2.24) is 0 Å². The Morgan fingerprint density at radius 1 is 0.413 bits per heavy atom. The normalized spacial score (nSPS) is 15.5. The van der Waals surface area contributed by atoms with E-state index < -0.39 is 0 Å². The molecule has 2 heterocycles. The average Bonchev–Trinajstić information content (AvgIpc) is 3.11. The van der Waals surface area contributed by atoms with Crippen LogP contribution in [0.15, 0.2) is 115 Å². The first-order valence-electron chi connectivity index (χ1n) is 15.8. The Balaban J connectivity index is 1.50. The molecule has 0 fully saturated rings. The predicted molar refractivity (Wildman–Crippen MR) is 178 cm³/mol. The number of fused-ring (bicyclic) bond motifs is 2. The van der Waals surface area contributed by atoms with E-state index in [9.17, 15) is 5.11 Å². The molecule has 0 atom stereocenters. The lowest BCUT2D eigenvalue weighted by Gasteiger charge is -2.16. The number of pyridine rings is 1. The van der Waals surface area contributed by atoms with Gasteiger partial charge in [-0.2, -0.15) is 4.57 Å². The van der Waals surface area contributed by atoms with Gasteiger partial charge >= 0.3 is 0 Å². The van der Waals surface area contributed by atoms with Gasteiger partial charge in [0.25, 0.3) is 0 Å². The van der Waals surface area contributed by atoms with Crippen LogP contribution in [-0.4, -0.2) is 58.0 Å². The van der Waals surface area contributed by atoms with Crippen molar-refractivity contribution in [1.29, 1.82) is 0 Å². The van der Waals surface area contributed by atoms with Crippen LogP contribution in [0.2, 0.25) is 0 Å². The van der Waals surface area contributed by atoms with Crippen LogP contribution < -0.4 is 4.57 Å². The van der Waals surface area contributed by atoms with Gasteiger partial charge in [0.1, 0.15) is 5.75 Å². The summed E-state index contributed by atoms with van der Waals surface area (Å²) in [6.07, 6.45) is 0. The number of phenols is 1. The van der Waals surface area contributed by atoms with E-state index in [0.29, 0.717) is 64.0 Å². The number of aromatic nitrogens is 1. The molecule has 2 bridgehead atoms. The summed E-state index contributed by atoms with van der Waals surface area (Å²) in [5.74, 6) is 0.170. The first-order valence-corrected chi connectivity index (χ1v) is 15.8. The summed E-state index contributed by atoms with van der Waals surface area (Å²) in [5, 5.41) is 11.4. The molecule has 1 aromatic heterocycles. The maximum absolute atomic E-state index is 11.4. The van der Waals surface area contributed by atoms with Crippen LogP contribution in [0.5, 0.6) is 5.75 Å². The maximum atomic E-state index is 11.4. The van der Waals surface area contributed by atoms with E-state index in [4.69, 9.17) is 23.7 Å². The fourth-order valence-electron chi connectivity index (χ4n) is 5.55. The fourth-order valence-corrected chi connectivity index (χ4v) is 5.55. The third-order valence-corrected chi connectivity index (χ3v) is 7.83. The molecular weight excluding hydrogens is 578 g/mol. The molecule has 0 spiro atoms. The standard InChI is InChI=1S/C39H39NO6/c41-39-34-24-36(25-35(39)29-46-23-21-44-19-17-42-16-18-43-20-22-45-28-34)40-37(31-12-6-2-7-13-31)26-33(30-10-4-1-5-11-30)27-38(40)32-14-8-3-9-15-32/h1-15,24-27H,16-23,28-29H2/p+1. The van der Waals surface area contributed by atoms with E-state index in [1.165, 1.54) is 0 Å². The molecule has 0 saturated heterocycles. The molecule has 5 aromatic rings. The van der Waals surface area contributed by atoms with Crippen molar-refractivity contribution in [3.05, 3.63) is 126 Å². The van der Waals surface area contributed by atoms with Gasteiger partial charge in [0.05, 0.1) is 66.1 Å². The molecule has 1 aliphatic heterocycles. The Morgan fingerprint density at radius 3 is 1.20 bits per heavy atom. The van der Waals surface area contributed by atoms with Crippen molar-refractivity contribution in [2.24, 2.45) is 0 Å². The minimum atomic E-state index is 0.170. The molecule has 0 saturated carbocycles. The van der Waals surface area contributed by atoms with Crippen molar-refractivity contribution < 1.29 is 33.4 Å². The third-order valence-electron chi connectivity index (χ3n) is 7.83. The lowest BCUT2D eigenvalue weighted by Crippen LogP contribution is -2.37. The van der Waals surface area contributed by atoms with Crippen LogP contribution in [0.25, 0.3) is 39.3 Å².